The minimum atomic E-state index is -0.0274. The van der Waals surface area contributed by atoms with Gasteiger partial charge in [-0.15, -0.1) is 47.5 Å². The summed E-state index contributed by atoms with van der Waals surface area (Å²) >= 11 is 3.19. The lowest BCUT2D eigenvalue weighted by Gasteiger charge is -2.29. The Morgan fingerprint density at radius 1 is 1.22 bits per heavy atom. The smallest absolute Gasteiger partial charge is 0.270 e. The molecule has 0 saturated carbocycles. The van der Waals surface area contributed by atoms with Crippen molar-refractivity contribution in [1.82, 2.24) is 15.6 Å². The van der Waals surface area contributed by atoms with Crippen LogP contribution < -0.4 is 10.6 Å². The molecule has 2 aliphatic heterocycles. The molecule has 2 aromatic heterocycles. The van der Waals surface area contributed by atoms with E-state index in [0.29, 0.717) is 23.8 Å². The molecule has 4 heterocycles. The number of amides is 1. The van der Waals surface area contributed by atoms with Gasteiger partial charge in [0.05, 0.1) is 4.88 Å². The summed E-state index contributed by atoms with van der Waals surface area (Å²) in [5.74, 6) is -0.0274. The molecule has 0 aromatic carbocycles. The standard InChI is InChI=1S/C15H17N3OS2.2ClH/c19-14(17-11-6-9-3-4-10(7-11)16-9)12-8-21-15(18-12)13-2-1-5-20-13;;/h1-2,5,8-11,16H,3-4,6-7H2,(H,17,19);2*1H. The zero-order valence-corrected chi connectivity index (χ0v) is 15.6. The van der Waals surface area contributed by atoms with Crippen molar-refractivity contribution in [2.75, 3.05) is 0 Å². The molecule has 2 saturated heterocycles. The van der Waals surface area contributed by atoms with E-state index in [1.54, 1.807) is 11.3 Å². The van der Waals surface area contributed by atoms with E-state index in [-0.39, 0.29) is 30.7 Å². The molecule has 2 aromatic rings. The minimum absolute atomic E-state index is 0. The predicted molar refractivity (Wildman–Crippen MR) is 100 cm³/mol. The molecule has 0 radical (unpaired) electrons. The van der Waals surface area contributed by atoms with E-state index in [4.69, 9.17) is 0 Å². The molecule has 0 aliphatic carbocycles. The van der Waals surface area contributed by atoms with Crippen LogP contribution in [0.15, 0.2) is 22.9 Å². The van der Waals surface area contributed by atoms with Crippen molar-refractivity contribution in [3.05, 3.63) is 28.6 Å². The summed E-state index contributed by atoms with van der Waals surface area (Å²) < 4.78 is 0. The second-order valence-corrected chi connectivity index (χ2v) is 7.60. The fraction of sp³-hybridized carbons (Fsp3) is 0.467. The number of rotatable bonds is 3. The van der Waals surface area contributed by atoms with Gasteiger partial charge in [-0.1, -0.05) is 6.07 Å². The molecular formula is C15H19Cl2N3OS2. The quantitative estimate of drug-likeness (QED) is 0.837. The van der Waals surface area contributed by atoms with Gasteiger partial charge in [-0.3, -0.25) is 4.79 Å². The summed E-state index contributed by atoms with van der Waals surface area (Å²) in [7, 11) is 0. The SMILES string of the molecule is Cl.Cl.O=C(NC1CC2CCC(C1)N2)c1csc(-c2cccs2)n1. The second kappa shape index (κ2) is 7.94. The van der Waals surface area contributed by atoms with Crippen LogP contribution >= 0.6 is 47.5 Å². The molecule has 2 fully saturated rings. The molecule has 126 valence electrons. The summed E-state index contributed by atoms with van der Waals surface area (Å²) in [5, 5.41) is 11.6. The molecule has 2 bridgehead atoms. The van der Waals surface area contributed by atoms with Crippen LogP contribution in [0.4, 0.5) is 0 Å². The van der Waals surface area contributed by atoms with Crippen LogP contribution in [0.5, 0.6) is 0 Å². The zero-order chi connectivity index (χ0) is 14.2. The van der Waals surface area contributed by atoms with Gasteiger partial charge in [-0.25, -0.2) is 4.98 Å². The summed E-state index contributed by atoms with van der Waals surface area (Å²) in [6, 6.07) is 5.52. The van der Waals surface area contributed by atoms with Crippen LogP contribution in [0.3, 0.4) is 0 Å². The summed E-state index contributed by atoms with van der Waals surface area (Å²) in [5.41, 5.74) is 0.550. The first-order valence-electron chi connectivity index (χ1n) is 7.34. The number of thiazole rings is 1. The first-order chi connectivity index (χ1) is 10.3. The number of aromatic nitrogens is 1. The molecule has 2 unspecified atom stereocenters. The number of piperidine rings is 1. The third kappa shape index (κ3) is 4.06. The predicted octanol–water partition coefficient (Wildman–Crippen LogP) is 3.73. The molecule has 8 heteroatoms. The lowest BCUT2D eigenvalue weighted by Crippen LogP contribution is -2.48. The number of hydrogen-bond donors (Lipinski definition) is 2. The highest BCUT2D eigenvalue weighted by molar-refractivity contribution is 7.20. The molecule has 23 heavy (non-hydrogen) atoms. The third-order valence-corrected chi connectivity index (χ3v) is 6.16. The number of fused-ring (bicyclic) bond motifs is 2. The highest BCUT2D eigenvalue weighted by atomic mass is 35.5. The van der Waals surface area contributed by atoms with Gasteiger partial charge in [0, 0.05) is 23.5 Å². The maximum Gasteiger partial charge on any atom is 0.270 e. The van der Waals surface area contributed by atoms with Crippen molar-refractivity contribution in [3.63, 3.8) is 0 Å². The average Bonchev–Trinajstić information content (AvgIpc) is 3.18. The molecule has 4 nitrogen and oxygen atoms in total. The van der Waals surface area contributed by atoms with Crippen molar-refractivity contribution in [2.24, 2.45) is 0 Å². The average molecular weight is 392 g/mol. The maximum absolute atomic E-state index is 12.3. The minimum Gasteiger partial charge on any atom is -0.348 e. The highest BCUT2D eigenvalue weighted by Gasteiger charge is 2.34. The zero-order valence-electron chi connectivity index (χ0n) is 12.4. The van der Waals surface area contributed by atoms with Gasteiger partial charge in [-0.2, -0.15) is 0 Å². The van der Waals surface area contributed by atoms with E-state index < -0.39 is 0 Å². The van der Waals surface area contributed by atoms with Crippen molar-refractivity contribution >= 4 is 53.4 Å². The maximum atomic E-state index is 12.3. The Kier molecular flexibility index (Phi) is 6.45. The third-order valence-electron chi connectivity index (χ3n) is 4.28. The van der Waals surface area contributed by atoms with Gasteiger partial charge in [0.25, 0.3) is 5.91 Å². The van der Waals surface area contributed by atoms with Crippen LogP contribution in [0.2, 0.25) is 0 Å². The van der Waals surface area contributed by atoms with Gasteiger partial charge >= 0.3 is 0 Å². The number of thiophene rings is 1. The Morgan fingerprint density at radius 3 is 2.61 bits per heavy atom. The van der Waals surface area contributed by atoms with Gasteiger partial charge in [0.15, 0.2) is 0 Å². The number of nitrogens with zero attached hydrogens (tertiary/aromatic N) is 1. The van der Waals surface area contributed by atoms with E-state index in [1.165, 1.54) is 24.2 Å². The Bertz CT molecular complexity index is 635. The molecule has 2 N–H and O–H groups in total. The van der Waals surface area contributed by atoms with Crippen LogP contribution in [0, 0.1) is 0 Å². The second-order valence-electron chi connectivity index (χ2n) is 5.79. The van der Waals surface area contributed by atoms with Crippen LogP contribution in [0.25, 0.3) is 9.88 Å². The summed E-state index contributed by atoms with van der Waals surface area (Å²) in [4.78, 5) is 17.9. The lowest BCUT2D eigenvalue weighted by atomic mass is 10.00. The molecular weight excluding hydrogens is 373 g/mol. The van der Waals surface area contributed by atoms with Gasteiger partial charge < -0.3 is 10.6 Å². The molecule has 1 amide bonds. The Morgan fingerprint density at radius 2 is 1.96 bits per heavy atom. The van der Waals surface area contributed by atoms with E-state index in [1.807, 2.05) is 22.9 Å². The van der Waals surface area contributed by atoms with Crippen molar-refractivity contribution in [1.29, 1.82) is 0 Å². The van der Waals surface area contributed by atoms with Crippen molar-refractivity contribution in [2.45, 2.75) is 43.8 Å². The van der Waals surface area contributed by atoms with Gasteiger partial charge in [0.1, 0.15) is 10.7 Å². The lowest BCUT2D eigenvalue weighted by molar-refractivity contribution is 0.0919. The topological polar surface area (TPSA) is 54.0 Å². The largest absolute Gasteiger partial charge is 0.348 e. The normalized spacial score (nSPS) is 25.3. The molecule has 4 rings (SSSR count). The molecule has 2 aliphatic rings. The highest BCUT2D eigenvalue weighted by Crippen LogP contribution is 2.29. The first kappa shape index (κ1) is 18.7. The monoisotopic (exact) mass is 391 g/mol. The number of nitrogens with one attached hydrogen (secondary N) is 2. The fourth-order valence-corrected chi connectivity index (χ4v) is 4.94. The number of carbonyl (C=O) groups excluding carboxylic acids is 1. The summed E-state index contributed by atoms with van der Waals surface area (Å²) in [6.45, 7) is 0. The summed E-state index contributed by atoms with van der Waals surface area (Å²) in [6.07, 6.45) is 4.58. The fourth-order valence-electron chi connectivity index (χ4n) is 3.33. The Labute approximate surface area is 155 Å². The van der Waals surface area contributed by atoms with E-state index in [0.717, 1.165) is 22.7 Å². The van der Waals surface area contributed by atoms with E-state index >= 15 is 0 Å². The number of carbonyl (C=O) groups is 1. The Balaban J connectivity index is 0.000000960. The Hall–Kier alpha value is -0.660. The number of halogens is 2. The van der Waals surface area contributed by atoms with Crippen LogP contribution in [-0.2, 0) is 0 Å². The van der Waals surface area contributed by atoms with Gasteiger partial charge in [0.2, 0.25) is 0 Å². The van der Waals surface area contributed by atoms with Crippen LogP contribution in [0.1, 0.15) is 36.2 Å². The van der Waals surface area contributed by atoms with Gasteiger partial charge in [-0.05, 0) is 37.1 Å². The van der Waals surface area contributed by atoms with E-state index in [2.05, 4.69) is 15.6 Å². The first-order valence-corrected chi connectivity index (χ1v) is 9.10. The van der Waals surface area contributed by atoms with Crippen molar-refractivity contribution < 1.29 is 4.79 Å². The molecule has 2 atom stereocenters. The van der Waals surface area contributed by atoms with Crippen molar-refractivity contribution in [3.8, 4) is 9.88 Å². The van der Waals surface area contributed by atoms with Crippen LogP contribution in [-0.4, -0.2) is 29.0 Å². The van der Waals surface area contributed by atoms with E-state index in [9.17, 15) is 4.79 Å². The number of hydrogen-bond acceptors (Lipinski definition) is 5. The molecule has 0 spiro atoms.